The number of hydrogen-bond donors (Lipinski definition) is 2. The zero-order valence-electron chi connectivity index (χ0n) is 4.13. The summed E-state index contributed by atoms with van der Waals surface area (Å²) in [5.74, 6) is 4.16. The molecule has 0 aromatic heterocycles. The summed E-state index contributed by atoms with van der Waals surface area (Å²) >= 11 is 0. The molecule has 3 N–H and O–H groups in total. The summed E-state index contributed by atoms with van der Waals surface area (Å²) in [7, 11) is 0. The number of rotatable bonds is 2. The molecule has 4 heteroatoms. The fourth-order valence-corrected chi connectivity index (χ4v) is 0.175. The molecule has 44 valence electrons. The second-order valence-corrected chi connectivity index (χ2v) is 1.00. The number of aldehydes is 1. The van der Waals surface area contributed by atoms with E-state index in [4.69, 9.17) is 0 Å². The lowest BCUT2D eigenvalue weighted by molar-refractivity contribution is -0.116. The zero-order valence-corrected chi connectivity index (χ0v) is 4.13. The third-order valence-electron chi connectivity index (χ3n) is 0.468. The summed E-state index contributed by atoms with van der Waals surface area (Å²) in [6.07, 6.45) is 2.59. The number of nitrogens with two attached hydrogens (primary N) is 1. The maximum absolute atomic E-state index is 10.1. The normalized spacial score (nSPS) is 9.12. The van der Waals surface area contributed by atoms with Gasteiger partial charge in [0.1, 0.15) is 6.29 Å². The van der Waals surface area contributed by atoms with Crippen molar-refractivity contribution in [2.45, 2.75) is 0 Å². The molecule has 0 fully saturated rings. The first-order chi connectivity index (χ1) is 3.81. The smallest absolute Gasteiger partial charge is 0.257 e. The molecule has 0 aliphatic heterocycles. The Labute approximate surface area is 46.3 Å². The average molecular weight is 114 g/mol. The Bertz CT molecular complexity index is 119. The van der Waals surface area contributed by atoms with Crippen LogP contribution in [0.25, 0.3) is 0 Å². The Balaban J connectivity index is 3.52. The van der Waals surface area contributed by atoms with E-state index in [2.05, 4.69) is 5.84 Å². The Morgan fingerprint density at radius 1 is 1.62 bits per heavy atom. The fraction of sp³-hybridized carbons (Fsp3) is 0. The summed E-state index contributed by atoms with van der Waals surface area (Å²) in [5.41, 5.74) is 1.82. The molecule has 0 aliphatic rings. The van der Waals surface area contributed by atoms with Gasteiger partial charge in [-0.25, -0.2) is 5.84 Å². The Hall–Kier alpha value is -1.16. The highest BCUT2D eigenvalue weighted by Crippen LogP contribution is 1.63. The molecular formula is C4H6N2O2. The van der Waals surface area contributed by atoms with Crippen LogP contribution in [0.15, 0.2) is 12.2 Å². The van der Waals surface area contributed by atoms with Gasteiger partial charge in [0.05, 0.1) is 0 Å². The molecule has 0 unspecified atom stereocenters. The second kappa shape index (κ2) is 4.01. The van der Waals surface area contributed by atoms with Crippen LogP contribution < -0.4 is 11.3 Å². The van der Waals surface area contributed by atoms with Gasteiger partial charge in [-0.3, -0.25) is 15.0 Å². The average Bonchev–Trinajstić information content (AvgIpc) is 1.83. The molecule has 0 aliphatic carbocycles. The summed E-state index contributed by atoms with van der Waals surface area (Å²) in [4.78, 5) is 19.6. The lowest BCUT2D eigenvalue weighted by atomic mass is 10.5. The third-order valence-corrected chi connectivity index (χ3v) is 0.468. The van der Waals surface area contributed by atoms with Gasteiger partial charge in [0.25, 0.3) is 5.91 Å². The van der Waals surface area contributed by atoms with Crippen molar-refractivity contribution in [3.8, 4) is 0 Å². The van der Waals surface area contributed by atoms with Crippen molar-refractivity contribution >= 4 is 12.2 Å². The highest BCUT2D eigenvalue weighted by molar-refractivity contribution is 5.90. The predicted octanol–water partition coefficient (Wildman–Crippen LogP) is -1.27. The molecule has 1 amide bonds. The van der Waals surface area contributed by atoms with Gasteiger partial charge >= 0.3 is 0 Å². The van der Waals surface area contributed by atoms with Gasteiger partial charge in [0.2, 0.25) is 0 Å². The van der Waals surface area contributed by atoms with Crippen LogP contribution in [0.2, 0.25) is 0 Å². The van der Waals surface area contributed by atoms with E-state index in [1.54, 1.807) is 0 Å². The SMILES string of the molecule is NNC(=O)/C=C\C=O. The maximum atomic E-state index is 10.1. The highest BCUT2D eigenvalue weighted by atomic mass is 16.2. The number of allylic oxidation sites excluding steroid dienone is 1. The third kappa shape index (κ3) is 3.05. The first-order valence-electron chi connectivity index (χ1n) is 1.93. The lowest BCUT2D eigenvalue weighted by Crippen LogP contribution is -2.27. The first-order valence-corrected chi connectivity index (χ1v) is 1.93. The molecule has 0 aromatic carbocycles. The quantitative estimate of drug-likeness (QED) is 0.154. The van der Waals surface area contributed by atoms with Crippen molar-refractivity contribution in [1.82, 2.24) is 5.43 Å². The van der Waals surface area contributed by atoms with E-state index in [1.165, 1.54) is 0 Å². The Morgan fingerprint density at radius 3 is 2.62 bits per heavy atom. The van der Waals surface area contributed by atoms with Gasteiger partial charge in [0, 0.05) is 6.08 Å². The minimum atomic E-state index is -0.489. The van der Waals surface area contributed by atoms with Gasteiger partial charge in [-0.05, 0) is 6.08 Å². The lowest BCUT2D eigenvalue weighted by Gasteiger charge is -1.84. The van der Waals surface area contributed by atoms with Crippen molar-refractivity contribution in [2.75, 3.05) is 0 Å². The number of carbonyl (C=O) groups excluding carboxylic acids is 2. The van der Waals surface area contributed by atoms with Crippen LogP contribution in [0.1, 0.15) is 0 Å². The minimum Gasteiger partial charge on any atom is -0.299 e. The molecule has 4 nitrogen and oxygen atoms in total. The number of carbonyl (C=O) groups is 2. The fourth-order valence-electron chi connectivity index (χ4n) is 0.175. The van der Waals surface area contributed by atoms with Crippen LogP contribution in [0.5, 0.6) is 0 Å². The topological polar surface area (TPSA) is 72.2 Å². The van der Waals surface area contributed by atoms with Crippen LogP contribution in [0, 0.1) is 0 Å². The number of hydrogen-bond acceptors (Lipinski definition) is 3. The molecule has 0 radical (unpaired) electrons. The first kappa shape index (κ1) is 6.84. The van der Waals surface area contributed by atoms with Crippen molar-refractivity contribution in [3.05, 3.63) is 12.2 Å². The van der Waals surface area contributed by atoms with Crippen LogP contribution in [0.3, 0.4) is 0 Å². The molecule has 0 rings (SSSR count). The van der Waals surface area contributed by atoms with E-state index in [9.17, 15) is 9.59 Å². The van der Waals surface area contributed by atoms with Crippen LogP contribution in [-0.2, 0) is 9.59 Å². The Morgan fingerprint density at radius 2 is 2.25 bits per heavy atom. The number of amides is 1. The predicted molar refractivity (Wildman–Crippen MR) is 27.5 cm³/mol. The van der Waals surface area contributed by atoms with Gasteiger partial charge in [-0.1, -0.05) is 0 Å². The highest BCUT2D eigenvalue weighted by Gasteiger charge is 1.83. The van der Waals surface area contributed by atoms with E-state index >= 15 is 0 Å². The van der Waals surface area contributed by atoms with E-state index in [0.29, 0.717) is 6.29 Å². The van der Waals surface area contributed by atoms with Gasteiger partial charge in [-0.2, -0.15) is 0 Å². The number of hydrazine groups is 1. The molecule has 0 spiro atoms. The number of nitrogens with one attached hydrogen (secondary N) is 1. The van der Waals surface area contributed by atoms with Crippen molar-refractivity contribution < 1.29 is 9.59 Å². The summed E-state index contributed by atoms with van der Waals surface area (Å²) in [6, 6.07) is 0. The Kier molecular flexibility index (Phi) is 3.43. The molecule has 8 heavy (non-hydrogen) atoms. The summed E-state index contributed by atoms with van der Waals surface area (Å²) in [5, 5.41) is 0. The summed E-state index contributed by atoms with van der Waals surface area (Å²) < 4.78 is 0. The minimum absolute atomic E-state index is 0.489. The van der Waals surface area contributed by atoms with E-state index in [0.717, 1.165) is 12.2 Å². The van der Waals surface area contributed by atoms with E-state index in [-0.39, 0.29) is 0 Å². The van der Waals surface area contributed by atoms with Crippen LogP contribution in [-0.4, -0.2) is 12.2 Å². The molecule has 0 bridgehead atoms. The molecule has 0 saturated heterocycles. The van der Waals surface area contributed by atoms with Crippen LogP contribution in [0.4, 0.5) is 0 Å². The van der Waals surface area contributed by atoms with Gasteiger partial charge < -0.3 is 0 Å². The molecule has 0 heterocycles. The molecular weight excluding hydrogens is 108 g/mol. The zero-order chi connectivity index (χ0) is 6.41. The molecule has 0 atom stereocenters. The monoisotopic (exact) mass is 114 g/mol. The molecule has 0 aromatic rings. The van der Waals surface area contributed by atoms with E-state index in [1.807, 2.05) is 5.43 Å². The second-order valence-electron chi connectivity index (χ2n) is 1.00. The molecule has 0 saturated carbocycles. The summed E-state index contributed by atoms with van der Waals surface area (Å²) in [6.45, 7) is 0. The van der Waals surface area contributed by atoms with E-state index < -0.39 is 5.91 Å². The van der Waals surface area contributed by atoms with Crippen LogP contribution >= 0.6 is 0 Å². The van der Waals surface area contributed by atoms with Gasteiger partial charge in [-0.15, -0.1) is 0 Å². The largest absolute Gasteiger partial charge is 0.299 e. The van der Waals surface area contributed by atoms with Crippen molar-refractivity contribution in [2.24, 2.45) is 5.84 Å². The van der Waals surface area contributed by atoms with Crippen molar-refractivity contribution in [1.29, 1.82) is 0 Å². The van der Waals surface area contributed by atoms with Crippen molar-refractivity contribution in [3.63, 3.8) is 0 Å². The van der Waals surface area contributed by atoms with Gasteiger partial charge in [0.15, 0.2) is 0 Å². The standard InChI is InChI=1S/C4H6N2O2/c5-6-4(8)2-1-3-7/h1-3H,5H2,(H,6,8)/b2-1-. The maximum Gasteiger partial charge on any atom is 0.257 e.